The first kappa shape index (κ1) is 12.8. The van der Waals surface area contributed by atoms with E-state index in [9.17, 15) is 13.0 Å². The Morgan fingerprint density at radius 1 is 1.38 bits per heavy atom. The van der Waals surface area contributed by atoms with Crippen LogP contribution < -0.4 is 4.35 Å². The number of rotatable bonds is 3. The van der Waals surface area contributed by atoms with Crippen molar-refractivity contribution in [1.82, 2.24) is 0 Å². The molecule has 3 nitrogen and oxygen atoms in total. The molecular weight excluding hydrogens is 327 g/mol. The summed E-state index contributed by atoms with van der Waals surface area (Å²) in [7, 11) is -0.504. The van der Waals surface area contributed by atoms with Crippen molar-refractivity contribution in [2.24, 2.45) is 0 Å². The Kier molecular flexibility index (Phi) is 4.30. The summed E-state index contributed by atoms with van der Waals surface area (Å²) in [5, 5.41) is -0.00675. The fourth-order valence-electron chi connectivity index (χ4n) is 1.34. The maximum absolute atomic E-state index is 10.7. The number of hydrogen-bond acceptors (Lipinski definition) is 5. The molecule has 0 spiro atoms. The molecule has 88 valence electrons. The first-order valence-electron chi connectivity index (χ1n) is 4.63. The number of benzene rings is 1. The SMILES string of the molecule is O=S(=O)([O-])CC1CS[As](c2ccccc2)S1. The summed E-state index contributed by atoms with van der Waals surface area (Å²) >= 11 is -1.23. The van der Waals surface area contributed by atoms with E-state index in [4.69, 9.17) is 0 Å². The van der Waals surface area contributed by atoms with Gasteiger partial charge in [-0.25, -0.2) is 0 Å². The molecule has 1 heterocycles. The monoisotopic (exact) mass is 337 g/mol. The molecule has 0 aromatic heterocycles. The zero-order chi connectivity index (χ0) is 11.6. The second-order valence-corrected chi connectivity index (χ2v) is 16.4. The van der Waals surface area contributed by atoms with Crippen molar-refractivity contribution < 1.29 is 13.0 Å². The van der Waals surface area contributed by atoms with Gasteiger partial charge >= 0.3 is 107 Å². The molecular formula is C9H10AsO3S3-. The van der Waals surface area contributed by atoms with Gasteiger partial charge in [0.25, 0.3) is 0 Å². The summed E-state index contributed by atoms with van der Waals surface area (Å²) < 4.78 is 33.3. The van der Waals surface area contributed by atoms with Crippen LogP contribution in [0.5, 0.6) is 0 Å². The van der Waals surface area contributed by atoms with Crippen molar-refractivity contribution in [1.29, 1.82) is 0 Å². The average Bonchev–Trinajstić information content (AvgIpc) is 2.65. The molecule has 0 bridgehead atoms. The average molecular weight is 337 g/mol. The van der Waals surface area contributed by atoms with E-state index in [2.05, 4.69) is 12.1 Å². The first-order chi connectivity index (χ1) is 7.54. The van der Waals surface area contributed by atoms with Gasteiger partial charge in [-0.15, -0.1) is 0 Å². The van der Waals surface area contributed by atoms with Crippen LogP contribution in [0.4, 0.5) is 0 Å². The predicted octanol–water partition coefficient (Wildman–Crippen LogP) is 0.776. The molecule has 0 N–H and O–H groups in total. The molecule has 1 aliphatic heterocycles. The van der Waals surface area contributed by atoms with E-state index < -0.39 is 22.5 Å². The van der Waals surface area contributed by atoms with Gasteiger partial charge < -0.3 is 0 Å². The summed E-state index contributed by atoms with van der Waals surface area (Å²) in [6, 6.07) is 10.2. The van der Waals surface area contributed by atoms with Crippen LogP contribution in [0, 0.1) is 0 Å². The van der Waals surface area contributed by atoms with Crippen LogP contribution in [0.3, 0.4) is 0 Å². The van der Waals surface area contributed by atoms with Crippen molar-refractivity contribution >= 4 is 46.9 Å². The molecule has 16 heavy (non-hydrogen) atoms. The van der Waals surface area contributed by atoms with Gasteiger partial charge in [-0.05, 0) is 0 Å². The molecule has 2 rings (SSSR count). The Hall–Kier alpha value is 0.388. The molecule has 1 aromatic rings. The molecule has 0 saturated carbocycles. The topological polar surface area (TPSA) is 57.2 Å². The van der Waals surface area contributed by atoms with Gasteiger partial charge in [0.05, 0.1) is 0 Å². The van der Waals surface area contributed by atoms with Crippen molar-refractivity contribution in [3.05, 3.63) is 30.3 Å². The van der Waals surface area contributed by atoms with Crippen molar-refractivity contribution in [2.45, 2.75) is 5.25 Å². The third kappa shape index (κ3) is 3.70. The van der Waals surface area contributed by atoms with E-state index in [0.717, 1.165) is 5.75 Å². The van der Waals surface area contributed by atoms with Gasteiger partial charge in [0.2, 0.25) is 0 Å². The quantitative estimate of drug-likeness (QED) is 0.603. The summed E-state index contributed by atoms with van der Waals surface area (Å²) in [4.78, 5) is 0. The molecule has 2 atom stereocenters. The van der Waals surface area contributed by atoms with Crippen molar-refractivity contribution in [3.63, 3.8) is 0 Å². The van der Waals surface area contributed by atoms with E-state index in [-0.39, 0.29) is 11.0 Å². The summed E-state index contributed by atoms with van der Waals surface area (Å²) in [6.45, 7) is 0. The van der Waals surface area contributed by atoms with Crippen molar-refractivity contribution in [3.8, 4) is 0 Å². The standard InChI is InChI=1S/C9H11AsO3S3/c11-16(12,13)7-9-6-14-10(15-9)8-4-2-1-3-5-8/h1-5,9H,6-7H2,(H,11,12,13)/p-1. The van der Waals surface area contributed by atoms with Gasteiger partial charge in [0.1, 0.15) is 0 Å². The fourth-order valence-corrected chi connectivity index (χ4v) is 18.9. The zero-order valence-electron chi connectivity index (χ0n) is 8.28. The second kappa shape index (κ2) is 5.36. The number of hydrogen-bond donors (Lipinski definition) is 0. The Balaban J connectivity index is 1.99. The molecule has 1 fully saturated rings. The molecule has 0 radical (unpaired) electrons. The van der Waals surface area contributed by atoms with Gasteiger partial charge in [0, 0.05) is 0 Å². The molecule has 1 aromatic carbocycles. The van der Waals surface area contributed by atoms with Crippen LogP contribution in [0.25, 0.3) is 0 Å². The Morgan fingerprint density at radius 2 is 2.06 bits per heavy atom. The zero-order valence-corrected chi connectivity index (χ0v) is 12.6. The van der Waals surface area contributed by atoms with E-state index in [1.54, 1.807) is 10.0 Å². The van der Waals surface area contributed by atoms with E-state index in [0.29, 0.717) is 0 Å². The van der Waals surface area contributed by atoms with Crippen molar-refractivity contribution in [2.75, 3.05) is 11.5 Å². The second-order valence-electron chi connectivity index (χ2n) is 3.34. The van der Waals surface area contributed by atoms with Gasteiger partial charge in [-0.2, -0.15) is 0 Å². The third-order valence-corrected chi connectivity index (χ3v) is 17.0. The minimum atomic E-state index is -4.07. The first-order valence-corrected chi connectivity index (χ1v) is 13.5. The molecule has 2 unspecified atom stereocenters. The van der Waals surface area contributed by atoms with Crippen LogP contribution in [-0.2, 0) is 10.1 Å². The predicted molar refractivity (Wildman–Crippen MR) is 70.2 cm³/mol. The fraction of sp³-hybridized carbons (Fsp3) is 0.333. The molecule has 1 saturated heterocycles. The summed E-state index contributed by atoms with van der Waals surface area (Å²) in [5.74, 6) is 0.573. The van der Waals surface area contributed by atoms with Gasteiger partial charge in [0.15, 0.2) is 0 Å². The van der Waals surface area contributed by atoms with Crippen LogP contribution in [0.2, 0.25) is 0 Å². The maximum atomic E-state index is 10.7. The van der Waals surface area contributed by atoms with E-state index in [1.165, 1.54) is 4.35 Å². The third-order valence-electron chi connectivity index (χ3n) is 1.98. The molecule has 7 heteroatoms. The van der Waals surface area contributed by atoms with E-state index >= 15 is 0 Å². The van der Waals surface area contributed by atoms with Crippen LogP contribution in [0.15, 0.2) is 30.3 Å². The molecule has 0 aliphatic carbocycles. The summed E-state index contributed by atoms with van der Waals surface area (Å²) in [5.41, 5.74) is 0. The molecule has 0 amide bonds. The molecule has 1 aliphatic rings. The van der Waals surface area contributed by atoms with Crippen LogP contribution in [-0.4, -0.2) is 42.1 Å². The van der Waals surface area contributed by atoms with Gasteiger partial charge in [-0.3, -0.25) is 0 Å². The minimum absolute atomic E-state index is 0.00675. The van der Waals surface area contributed by atoms with Gasteiger partial charge in [-0.1, -0.05) is 0 Å². The Morgan fingerprint density at radius 3 is 2.69 bits per heavy atom. The van der Waals surface area contributed by atoms with Crippen LogP contribution in [0.1, 0.15) is 0 Å². The Bertz CT molecular complexity index is 448. The Labute approximate surface area is 106 Å². The van der Waals surface area contributed by atoms with Crippen LogP contribution >= 0.6 is 20.0 Å². The normalized spacial score (nSPS) is 25.8. The summed E-state index contributed by atoms with van der Waals surface area (Å²) in [6.07, 6.45) is 0. The van der Waals surface area contributed by atoms with E-state index in [1.807, 2.05) is 28.2 Å².